The Balaban J connectivity index is 2.43. The van der Waals surface area contributed by atoms with Crippen LogP contribution in [-0.2, 0) is 13.6 Å². The maximum absolute atomic E-state index is 5.42. The van der Waals surface area contributed by atoms with E-state index in [0.717, 1.165) is 17.0 Å². The first-order valence-corrected chi connectivity index (χ1v) is 4.36. The standard InChI is InChI=1S/C9H12N4O/c1-6-7(5-13(2)12-6)8-4-11-9(3-10)14-8/h4-5H,3,10H2,1-2H3. The molecule has 14 heavy (non-hydrogen) atoms. The Labute approximate surface area is 81.5 Å². The predicted octanol–water partition coefficient (Wildman–Crippen LogP) is 0.842. The summed E-state index contributed by atoms with van der Waals surface area (Å²) in [6.45, 7) is 2.25. The van der Waals surface area contributed by atoms with E-state index in [1.54, 1.807) is 10.9 Å². The average Bonchev–Trinajstić information content (AvgIpc) is 2.71. The van der Waals surface area contributed by atoms with Crippen molar-refractivity contribution in [3.63, 3.8) is 0 Å². The number of oxazole rings is 1. The minimum atomic E-state index is 0.319. The molecule has 2 aromatic rings. The third-order valence-corrected chi connectivity index (χ3v) is 2.01. The Kier molecular flexibility index (Phi) is 2.09. The van der Waals surface area contributed by atoms with Crippen molar-refractivity contribution in [2.45, 2.75) is 13.5 Å². The van der Waals surface area contributed by atoms with Crippen molar-refractivity contribution >= 4 is 0 Å². The van der Waals surface area contributed by atoms with E-state index in [2.05, 4.69) is 10.1 Å². The van der Waals surface area contributed by atoms with Crippen LogP contribution in [0.25, 0.3) is 11.3 Å². The van der Waals surface area contributed by atoms with Crippen LogP contribution >= 0.6 is 0 Å². The van der Waals surface area contributed by atoms with Gasteiger partial charge in [-0.1, -0.05) is 0 Å². The van der Waals surface area contributed by atoms with E-state index in [-0.39, 0.29) is 0 Å². The van der Waals surface area contributed by atoms with Crippen LogP contribution in [-0.4, -0.2) is 14.8 Å². The third-order valence-electron chi connectivity index (χ3n) is 2.01. The van der Waals surface area contributed by atoms with Gasteiger partial charge >= 0.3 is 0 Å². The number of nitrogens with zero attached hydrogens (tertiary/aromatic N) is 3. The highest BCUT2D eigenvalue weighted by atomic mass is 16.4. The molecule has 0 aliphatic heterocycles. The summed E-state index contributed by atoms with van der Waals surface area (Å²) in [7, 11) is 1.87. The summed E-state index contributed by atoms with van der Waals surface area (Å²) in [5.41, 5.74) is 7.29. The SMILES string of the molecule is Cc1nn(C)cc1-c1cnc(CN)o1. The average molecular weight is 192 g/mol. The summed E-state index contributed by atoms with van der Waals surface area (Å²) >= 11 is 0. The van der Waals surface area contributed by atoms with Crippen LogP contribution in [0.3, 0.4) is 0 Å². The quantitative estimate of drug-likeness (QED) is 0.765. The number of rotatable bonds is 2. The predicted molar refractivity (Wildman–Crippen MR) is 51.3 cm³/mol. The van der Waals surface area contributed by atoms with E-state index in [9.17, 15) is 0 Å². The summed E-state index contributed by atoms with van der Waals surface area (Å²) in [6.07, 6.45) is 3.57. The van der Waals surface area contributed by atoms with Gasteiger partial charge in [-0.2, -0.15) is 5.10 Å². The molecule has 0 unspecified atom stereocenters. The van der Waals surface area contributed by atoms with Gasteiger partial charge in [-0.05, 0) is 6.92 Å². The van der Waals surface area contributed by atoms with E-state index in [1.165, 1.54) is 0 Å². The number of nitrogens with two attached hydrogens (primary N) is 1. The van der Waals surface area contributed by atoms with E-state index >= 15 is 0 Å². The maximum Gasteiger partial charge on any atom is 0.208 e. The Hall–Kier alpha value is -1.62. The highest BCUT2D eigenvalue weighted by Crippen LogP contribution is 2.22. The van der Waals surface area contributed by atoms with Crippen molar-refractivity contribution in [3.05, 3.63) is 24.0 Å². The molecule has 2 rings (SSSR count). The largest absolute Gasteiger partial charge is 0.439 e. The van der Waals surface area contributed by atoms with Crippen molar-refractivity contribution in [2.24, 2.45) is 12.8 Å². The molecule has 0 aromatic carbocycles. The minimum Gasteiger partial charge on any atom is -0.439 e. The van der Waals surface area contributed by atoms with E-state index < -0.39 is 0 Å². The third kappa shape index (κ3) is 1.42. The summed E-state index contributed by atoms with van der Waals surface area (Å²) in [4.78, 5) is 4.03. The smallest absolute Gasteiger partial charge is 0.208 e. The molecule has 5 heteroatoms. The summed E-state index contributed by atoms with van der Waals surface area (Å²) in [5, 5.41) is 4.22. The molecule has 0 amide bonds. The normalized spacial score (nSPS) is 10.8. The lowest BCUT2D eigenvalue weighted by Crippen LogP contribution is -1.94. The van der Waals surface area contributed by atoms with Gasteiger partial charge in [0.15, 0.2) is 5.76 Å². The van der Waals surface area contributed by atoms with Gasteiger partial charge in [0.05, 0.1) is 24.0 Å². The number of aromatic nitrogens is 3. The Morgan fingerprint density at radius 3 is 2.86 bits per heavy atom. The number of hydrogen-bond donors (Lipinski definition) is 1. The number of hydrogen-bond acceptors (Lipinski definition) is 4. The molecule has 0 radical (unpaired) electrons. The lowest BCUT2D eigenvalue weighted by molar-refractivity contribution is 0.509. The molecule has 0 saturated carbocycles. The minimum absolute atomic E-state index is 0.319. The molecule has 0 aliphatic rings. The van der Waals surface area contributed by atoms with Gasteiger partial charge in [0.2, 0.25) is 5.89 Å². The highest BCUT2D eigenvalue weighted by molar-refractivity contribution is 5.58. The van der Waals surface area contributed by atoms with Gasteiger partial charge in [-0.25, -0.2) is 4.98 Å². The van der Waals surface area contributed by atoms with Crippen LogP contribution in [0.2, 0.25) is 0 Å². The zero-order valence-corrected chi connectivity index (χ0v) is 8.19. The second kappa shape index (κ2) is 3.26. The first-order valence-electron chi connectivity index (χ1n) is 4.36. The molecule has 0 atom stereocenters. The van der Waals surface area contributed by atoms with Gasteiger partial charge < -0.3 is 10.2 Å². The lowest BCUT2D eigenvalue weighted by Gasteiger charge is -1.90. The molecule has 2 N–H and O–H groups in total. The van der Waals surface area contributed by atoms with Gasteiger partial charge in [-0.3, -0.25) is 4.68 Å². The van der Waals surface area contributed by atoms with Crippen LogP contribution in [0.5, 0.6) is 0 Å². The molecule has 5 nitrogen and oxygen atoms in total. The first-order chi connectivity index (χ1) is 6.70. The maximum atomic E-state index is 5.42. The molecule has 0 bridgehead atoms. The van der Waals surface area contributed by atoms with E-state index in [4.69, 9.17) is 10.2 Å². The fraction of sp³-hybridized carbons (Fsp3) is 0.333. The van der Waals surface area contributed by atoms with Crippen molar-refractivity contribution in [1.29, 1.82) is 0 Å². The monoisotopic (exact) mass is 192 g/mol. The Morgan fingerprint density at radius 2 is 2.36 bits per heavy atom. The van der Waals surface area contributed by atoms with E-state index in [1.807, 2.05) is 20.2 Å². The topological polar surface area (TPSA) is 69.9 Å². The van der Waals surface area contributed by atoms with Crippen LogP contribution < -0.4 is 5.73 Å². The van der Waals surface area contributed by atoms with Crippen molar-refractivity contribution in [2.75, 3.05) is 0 Å². The molecule has 74 valence electrons. The molecule has 0 spiro atoms. The highest BCUT2D eigenvalue weighted by Gasteiger charge is 2.10. The first kappa shape index (κ1) is 8.96. The van der Waals surface area contributed by atoms with Crippen LogP contribution in [0.4, 0.5) is 0 Å². The van der Waals surface area contributed by atoms with Crippen LogP contribution in [0.15, 0.2) is 16.8 Å². The molecule has 2 aromatic heterocycles. The zero-order chi connectivity index (χ0) is 10.1. The molecular formula is C9H12N4O. The van der Waals surface area contributed by atoms with E-state index in [0.29, 0.717) is 12.4 Å². The van der Waals surface area contributed by atoms with Crippen LogP contribution in [0.1, 0.15) is 11.6 Å². The van der Waals surface area contributed by atoms with Gasteiger partial charge in [0.25, 0.3) is 0 Å². The van der Waals surface area contributed by atoms with Gasteiger partial charge in [-0.15, -0.1) is 0 Å². The lowest BCUT2D eigenvalue weighted by atomic mass is 10.2. The molecule has 0 aliphatic carbocycles. The zero-order valence-electron chi connectivity index (χ0n) is 8.19. The molecule has 0 saturated heterocycles. The second-order valence-corrected chi connectivity index (χ2v) is 3.12. The summed E-state index contributed by atoms with van der Waals surface area (Å²) < 4.78 is 7.17. The fourth-order valence-corrected chi connectivity index (χ4v) is 1.37. The molecular weight excluding hydrogens is 180 g/mol. The summed E-state index contributed by atoms with van der Waals surface area (Å²) in [6, 6.07) is 0. The fourth-order valence-electron chi connectivity index (χ4n) is 1.37. The van der Waals surface area contributed by atoms with Gasteiger partial charge in [0.1, 0.15) is 0 Å². The Morgan fingerprint density at radius 1 is 1.57 bits per heavy atom. The van der Waals surface area contributed by atoms with Crippen molar-refractivity contribution < 1.29 is 4.42 Å². The second-order valence-electron chi connectivity index (χ2n) is 3.12. The molecule has 2 heterocycles. The molecule has 0 fully saturated rings. The summed E-state index contributed by atoms with van der Waals surface area (Å²) in [5.74, 6) is 1.26. The van der Waals surface area contributed by atoms with Crippen molar-refractivity contribution in [3.8, 4) is 11.3 Å². The number of aryl methyl sites for hydroxylation is 2. The Bertz CT molecular complexity index is 443. The van der Waals surface area contributed by atoms with Crippen LogP contribution in [0, 0.1) is 6.92 Å². The van der Waals surface area contributed by atoms with Crippen molar-refractivity contribution in [1.82, 2.24) is 14.8 Å². The van der Waals surface area contributed by atoms with Gasteiger partial charge in [0, 0.05) is 13.2 Å².